The molecule has 1 N–H and O–H groups in total. The summed E-state index contributed by atoms with van der Waals surface area (Å²) in [5.74, 6) is -3.87. The summed E-state index contributed by atoms with van der Waals surface area (Å²) >= 11 is 0. The number of carboxylic acids is 1. The molecular formula is C14H18F2O2. The van der Waals surface area contributed by atoms with Crippen LogP contribution in [0.15, 0.2) is 24.3 Å². The molecule has 2 nitrogen and oxygen atoms in total. The minimum atomic E-state index is -2.85. The molecule has 0 heterocycles. The van der Waals surface area contributed by atoms with E-state index in [1.165, 1.54) is 12.1 Å². The van der Waals surface area contributed by atoms with E-state index in [0.717, 1.165) is 0 Å². The number of carbonyl (C=O) groups is 1. The highest BCUT2D eigenvalue weighted by molar-refractivity contribution is 5.67. The van der Waals surface area contributed by atoms with Gasteiger partial charge in [-0.2, -0.15) is 0 Å². The fourth-order valence-corrected chi connectivity index (χ4v) is 1.84. The van der Waals surface area contributed by atoms with Crippen molar-refractivity contribution in [2.75, 3.05) is 0 Å². The molecule has 0 aliphatic heterocycles. The molecule has 0 aromatic heterocycles. The summed E-state index contributed by atoms with van der Waals surface area (Å²) < 4.78 is 27.7. The molecule has 0 bridgehead atoms. The SMILES string of the molecule is CC(C)CC(F)(F)c1cccc(CCC(=O)O)c1. The number of halogens is 2. The van der Waals surface area contributed by atoms with Crippen molar-refractivity contribution in [2.45, 2.75) is 39.0 Å². The van der Waals surface area contributed by atoms with Gasteiger partial charge in [0.15, 0.2) is 0 Å². The molecule has 18 heavy (non-hydrogen) atoms. The van der Waals surface area contributed by atoms with Gasteiger partial charge in [-0.1, -0.05) is 32.0 Å². The van der Waals surface area contributed by atoms with Crippen molar-refractivity contribution in [1.29, 1.82) is 0 Å². The minimum absolute atomic E-state index is 0.0286. The predicted octanol–water partition coefficient (Wildman–Crippen LogP) is 3.84. The Hall–Kier alpha value is -1.45. The van der Waals surface area contributed by atoms with Crippen LogP contribution in [0, 0.1) is 5.92 Å². The van der Waals surface area contributed by atoms with Crippen molar-refractivity contribution >= 4 is 5.97 Å². The summed E-state index contributed by atoms with van der Waals surface area (Å²) in [6.07, 6.45) is 0.0372. The van der Waals surface area contributed by atoms with E-state index in [1.54, 1.807) is 26.0 Å². The molecule has 100 valence electrons. The average molecular weight is 256 g/mol. The Balaban J connectivity index is 2.83. The molecule has 0 unspecified atom stereocenters. The van der Waals surface area contributed by atoms with Gasteiger partial charge in [-0.3, -0.25) is 4.79 Å². The van der Waals surface area contributed by atoms with E-state index in [2.05, 4.69) is 0 Å². The van der Waals surface area contributed by atoms with Gasteiger partial charge in [-0.25, -0.2) is 8.78 Å². The van der Waals surface area contributed by atoms with Gasteiger partial charge in [0.1, 0.15) is 0 Å². The van der Waals surface area contributed by atoms with E-state index >= 15 is 0 Å². The molecule has 0 atom stereocenters. The highest BCUT2D eigenvalue weighted by atomic mass is 19.3. The topological polar surface area (TPSA) is 37.3 Å². The van der Waals surface area contributed by atoms with Crippen LogP contribution < -0.4 is 0 Å². The third-order valence-electron chi connectivity index (χ3n) is 2.64. The fraction of sp³-hybridized carbons (Fsp3) is 0.500. The van der Waals surface area contributed by atoms with E-state index in [9.17, 15) is 13.6 Å². The van der Waals surface area contributed by atoms with E-state index in [4.69, 9.17) is 5.11 Å². The lowest BCUT2D eigenvalue weighted by atomic mass is 9.96. The Bertz CT molecular complexity index is 414. The standard InChI is InChI=1S/C14H18F2O2/c1-10(2)9-14(15,16)12-5-3-4-11(8-12)6-7-13(17)18/h3-5,8,10H,6-7,9H2,1-2H3,(H,17,18). The Labute approximate surface area is 106 Å². The lowest BCUT2D eigenvalue weighted by molar-refractivity contribution is -0.136. The van der Waals surface area contributed by atoms with Crippen LogP contribution in [-0.4, -0.2) is 11.1 Å². The van der Waals surface area contributed by atoms with Crippen molar-refractivity contribution in [1.82, 2.24) is 0 Å². The van der Waals surface area contributed by atoms with Crippen LogP contribution in [0.25, 0.3) is 0 Å². The van der Waals surface area contributed by atoms with E-state index < -0.39 is 11.9 Å². The molecule has 0 amide bonds. The molecule has 1 rings (SSSR count). The number of carboxylic acid groups (broad SMARTS) is 1. The Morgan fingerprint density at radius 2 is 2.06 bits per heavy atom. The van der Waals surface area contributed by atoms with Crippen LogP contribution >= 0.6 is 0 Å². The first-order valence-corrected chi connectivity index (χ1v) is 6.00. The zero-order valence-electron chi connectivity index (χ0n) is 10.6. The molecule has 0 radical (unpaired) electrons. The van der Waals surface area contributed by atoms with Gasteiger partial charge < -0.3 is 5.11 Å². The van der Waals surface area contributed by atoms with Gasteiger partial charge in [-0.15, -0.1) is 0 Å². The number of hydrogen-bond donors (Lipinski definition) is 1. The summed E-state index contributed by atoms with van der Waals surface area (Å²) in [4.78, 5) is 10.5. The molecule has 1 aromatic rings. The summed E-state index contributed by atoms with van der Waals surface area (Å²) in [7, 11) is 0. The second-order valence-electron chi connectivity index (χ2n) is 4.90. The molecule has 0 fully saturated rings. The van der Waals surface area contributed by atoms with Gasteiger partial charge in [0, 0.05) is 18.4 Å². The predicted molar refractivity (Wildman–Crippen MR) is 65.7 cm³/mol. The summed E-state index contributed by atoms with van der Waals surface area (Å²) in [6.45, 7) is 3.50. The van der Waals surface area contributed by atoms with Crippen LogP contribution in [0.1, 0.15) is 37.8 Å². The Kier molecular flexibility index (Phi) is 4.82. The van der Waals surface area contributed by atoms with Crippen molar-refractivity contribution in [3.05, 3.63) is 35.4 Å². The Morgan fingerprint density at radius 1 is 1.39 bits per heavy atom. The van der Waals surface area contributed by atoms with Crippen LogP contribution in [0.4, 0.5) is 8.78 Å². The average Bonchev–Trinajstić information content (AvgIpc) is 2.25. The molecule has 0 saturated carbocycles. The number of alkyl halides is 2. The van der Waals surface area contributed by atoms with E-state index in [-0.39, 0.29) is 30.7 Å². The van der Waals surface area contributed by atoms with Crippen LogP contribution in [0.3, 0.4) is 0 Å². The van der Waals surface area contributed by atoms with Crippen molar-refractivity contribution in [3.63, 3.8) is 0 Å². The smallest absolute Gasteiger partial charge is 0.303 e. The third-order valence-corrected chi connectivity index (χ3v) is 2.64. The number of aliphatic carboxylic acids is 1. The first kappa shape index (κ1) is 14.6. The number of aryl methyl sites for hydroxylation is 1. The van der Waals surface area contributed by atoms with Gasteiger partial charge in [0.25, 0.3) is 5.92 Å². The maximum atomic E-state index is 13.9. The van der Waals surface area contributed by atoms with E-state index in [0.29, 0.717) is 5.56 Å². The van der Waals surface area contributed by atoms with Gasteiger partial charge in [0.2, 0.25) is 0 Å². The fourth-order valence-electron chi connectivity index (χ4n) is 1.84. The van der Waals surface area contributed by atoms with Crippen LogP contribution in [0.2, 0.25) is 0 Å². The number of hydrogen-bond acceptors (Lipinski definition) is 1. The second-order valence-corrected chi connectivity index (χ2v) is 4.90. The first-order chi connectivity index (χ1) is 8.31. The molecular weight excluding hydrogens is 238 g/mol. The number of rotatable bonds is 6. The van der Waals surface area contributed by atoms with E-state index in [1.807, 2.05) is 0 Å². The molecule has 4 heteroatoms. The summed E-state index contributed by atoms with van der Waals surface area (Å²) in [5.41, 5.74) is 0.609. The normalized spacial score (nSPS) is 11.8. The molecule has 1 aromatic carbocycles. The van der Waals surface area contributed by atoms with Gasteiger partial charge >= 0.3 is 5.97 Å². The van der Waals surface area contributed by atoms with Crippen molar-refractivity contribution < 1.29 is 18.7 Å². The largest absolute Gasteiger partial charge is 0.481 e. The summed E-state index contributed by atoms with van der Waals surface area (Å²) in [5, 5.41) is 8.57. The molecule has 0 aliphatic rings. The highest BCUT2D eigenvalue weighted by Crippen LogP contribution is 2.34. The molecule has 0 aliphatic carbocycles. The van der Waals surface area contributed by atoms with Crippen molar-refractivity contribution in [3.8, 4) is 0 Å². The summed E-state index contributed by atoms with van der Waals surface area (Å²) in [6, 6.07) is 6.04. The minimum Gasteiger partial charge on any atom is -0.481 e. The molecule has 0 saturated heterocycles. The monoisotopic (exact) mass is 256 g/mol. The Morgan fingerprint density at radius 3 is 2.61 bits per heavy atom. The van der Waals surface area contributed by atoms with Crippen LogP contribution in [-0.2, 0) is 17.1 Å². The zero-order valence-corrected chi connectivity index (χ0v) is 10.6. The maximum absolute atomic E-state index is 13.9. The quantitative estimate of drug-likeness (QED) is 0.839. The lowest BCUT2D eigenvalue weighted by Gasteiger charge is -2.19. The van der Waals surface area contributed by atoms with Gasteiger partial charge in [-0.05, 0) is 24.0 Å². The van der Waals surface area contributed by atoms with Crippen LogP contribution in [0.5, 0.6) is 0 Å². The maximum Gasteiger partial charge on any atom is 0.303 e. The van der Waals surface area contributed by atoms with Gasteiger partial charge in [0.05, 0.1) is 0 Å². The third kappa shape index (κ3) is 4.43. The first-order valence-electron chi connectivity index (χ1n) is 6.00. The lowest BCUT2D eigenvalue weighted by Crippen LogP contribution is -2.16. The number of benzene rings is 1. The molecule has 0 spiro atoms. The van der Waals surface area contributed by atoms with Crippen molar-refractivity contribution in [2.24, 2.45) is 5.92 Å². The second kappa shape index (κ2) is 5.94. The zero-order chi connectivity index (χ0) is 13.8. The highest BCUT2D eigenvalue weighted by Gasteiger charge is 2.32.